The molecule has 7 heteroatoms. The highest BCUT2D eigenvalue weighted by atomic mass is 32.2. The highest BCUT2D eigenvalue weighted by Gasteiger charge is 2.60. The van der Waals surface area contributed by atoms with E-state index < -0.39 is 10.0 Å². The molecule has 126 valence electrons. The van der Waals surface area contributed by atoms with Gasteiger partial charge in [0, 0.05) is 32.8 Å². The smallest absolute Gasteiger partial charge is 0.244 e. The Kier molecular flexibility index (Phi) is 3.44. The molecule has 1 aliphatic carbocycles. The van der Waals surface area contributed by atoms with Gasteiger partial charge in [0.25, 0.3) is 0 Å². The largest absolute Gasteiger partial charge is 0.379 e. The standard InChI is InChI=1S/C16H23N3O3S/c1-18(2)15-5-4-12(8-17-15)23(20,21)19-11-16(6-3-7-16)13-9-22-10-14(13)19/h4-5,8,13-14H,3,6-7,9-11H2,1-2H3/t13-,14+/m0/s1. The molecule has 0 N–H and O–H groups in total. The number of anilines is 1. The van der Waals surface area contributed by atoms with Crippen molar-refractivity contribution in [1.82, 2.24) is 9.29 Å². The van der Waals surface area contributed by atoms with Gasteiger partial charge in [-0.25, -0.2) is 13.4 Å². The molecule has 2 atom stereocenters. The molecule has 0 unspecified atom stereocenters. The highest BCUT2D eigenvalue weighted by molar-refractivity contribution is 7.89. The average Bonchev–Trinajstić information content (AvgIpc) is 3.06. The lowest BCUT2D eigenvalue weighted by Gasteiger charge is -2.42. The lowest BCUT2D eigenvalue weighted by molar-refractivity contribution is 0.0601. The van der Waals surface area contributed by atoms with Gasteiger partial charge in [0.05, 0.1) is 19.3 Å². The zero-order valence-corrected chi connectivity index (χ0v) is 14.4. The summed E-state index contributed by atoms with van der Waals surface area (Å²) in [5.74, 6) is 1.11. The zero-order valence-electron chi connectivity index (χ0n) is 13.6. The molecule has 1 saturated carbocycles. The van der Waals surface area contributed by atoms with Crippen LogP contribution in [-0.2, 0) is 14.8 Å². The van der Waals surface area contributed by atoms with Gasteiger partial charge in [-0.1, -0.05) is 6.42 Å². The number of rotatable bonds is 3. The first-order valence-electron chi connectivity index (χ1n) is 8.17. The fourth-order valence-corrected chi connectivity index (χ4v) is 5.99. The lowest BCUT2D eigenvalue weighted by atomic mass is 9.62. The van der Waals surface area contributed by atoms with Crippen molar-refractivity contribution in [3.63, 3.8) is 0 Å². The Balaban J connectivity index is 1.66. The van der Waals surface area contributed by atoms with E-state index in [0.29, 0.717) is 25.7 Å². The normalized spacial score (nSPS) is 29.5. The van der Waals surface area contributed by atoms with Crippen LogP contribution in [0.4, 0.5) is 5.82 Å². The Hall–Kier alpha value is -1.18. The molecular weight excluding hydrogens is 314 g/mol. The molecule has 1 aromatic rings. The molecule has 0 radical (unpaired) electrons. The van der Waals surface area contributed by atoms with Crippen LogP contribution in [0.5, 0.6) is 0 Å². The van der Waals surface area contributed by atoms with E-state index in [2.05, 4.69) is 4.98 Å². The van der Waals surface area contributed by atoms with E-state index in [4.69, 9.17) is 4.74 Å². The van der Waals surface area contributed by atoms with E-state index in [0.717, 1.165) is 18.7 Å². The Morgan fingerprint density at radius 1 is 1.30 bits per heavy atom. The first kappa shape index (κ1) is 15.4. The monoisotopic (exact) mass is 337 g/mol. The number of sulfonamides is 1. The summed E-state index contributed by atoms with van der Waals surface area (Å²) in [6.07, 6.45) is 4.93. The molecule has 3 heterocycles. The number of pyridine rings is 1. The zero-order chi connectivity index (χ0) is 16.2. The highest BCUT2D eigenvalue weighted by Crippen LogP contribution is 2.56. The molecule has 0 aromatic carbocycles. The van der Waals surface area contributed by atoms with Crippen molar-refractivity contribution < 1.29 is 13.2 Å². The maximum Gasteiger partial charge on any atom is 0.244 e. The minimum atomic E-state index is -3.51. The van der Waals surface area contributed by atoms with Gasteiger partial charge in [0.1, 0.15) is 10.7 Å². The summed E-state index contributed by atoms with van der Waals surface area (Å²) >= 11 is 0. The molecule has 2 aliphatic heterocycles. The molecule has 0 amide bonds. The molecule has 4 rings (SSSR count). The van der Waals surface area contributed by atoms with Crippen molar-refractivity contribution in [2.24, 2.45) is 11.3 Å². The summed E-state index contributed by atoms with van der Waals surface area (Å²) in [6, 6.07) is 3.41. The van der Waals surface area contributed by atoms with Crippen LogP contribution in [0, 0.1) is 11.3 Å². The van der Waals surface area contributed by atoms with Gasteiger partial charge >= 0.3 is 0 Å². The maximum absolute atomic E-state index is 13.1. The molecule has 3 fully saturated rings. The Morgan fingerprint density at radius 2 is 2.09 bits per heavy atom. The van der Waals surface area contributed by atoms with E-state index in [1.807, 2.05) is 19.0 Å². The number of hydrogen-bond acceptors (Lipinski definition) is 5. The third-order valence-electron chi connectivity index (χ3n) is 5.81. The summed E-state index contributed by atoms with van der Waals surface area (Å²) < 4.78 is 33.5. The quantitative estimate of drug-likeness (QED) is 0.833. The number of nitrogens with zero attached hydrogens (tertiary/aromatic N) is 3. The summed E-state index contributed by atoms with van der Waals surface area (Å²) in [5, 5.41) is 0. The van der Waals surface area contributed by atoms with Crippen LogP contribution in [0.2, 0.25) is 0 Å². The second-order valence-electron chi connectivity index (χ2n) is 7.22. The summed E-state index contributed by atoms with van der Waals surface area (Å²) in [4.78, 5) is 6.40. The average molecular weight is 337 g/mol. The van der Waals surface area contributed by atoms with Gasteiger partial charge in [-0.05, 0) is 30.4 Å². The third kappa shape index (κ3) is 2.21. The van der Waals surface area contributed by atoms with Crippen LogP contribution < -0.4 is 4.90 Å². The minimum absolute atomic E-state index is 0.00572. The van der Waals surface area contributed by atoms with E-state index in [-0.39, 0.29) is 16.4 Å². The SMILES string of the molecule is CN(C)c1ccc(S(=O)(=O)N2CC3(CCC3)[C@H]3COC[C@H]32)cn1. The van der Waals surface area contributed by atoms with Gasteiger partial charge in [-0.15, -0.1) is 0 Å². The molecular formula is C16H23N3O3S. The van der Waals surface area contributed by atoms with Gasteiger partial charge in [-0.2, -0.15) is 4.31 Å². The Morgan fingerprint density at radius 3 is 2.65 bits per heavy atom. The van der Waals surface area contributed by atoms with Crippen molar-refractivity contribution in [2.45, 2.75) is 30.2 Å². The number of hydrogen-bond donors (Lipinski definition) is 0. The summed E-state index contributed by atoms with van der Waals surface area (Å²) in [7, 11) is 0.263. The lowest BCUT2D eigenvalue weighted by Crippen LogP contribution is -2.39. The van der Waals surface area contributed by atoms with Crippen molar-refractivity contribution in [3.05, 3.63) is 18.3 Å². The van der Waals surface area contributed by atoms with Gasteiger partial charge in [-0.3, -0.25) is 0 Å². The first-order valence-corrected chi connectivity index (χ1v) is 9.61. The van der Waals surface area contributed by atoms with Gasteiger partial charge in [0.15, 0.2) is 0 Å². The van der Waals surface area contributed by atoms with Crippen LogP contribution >= 0.6 is 0 Å². The molecule has 2 saturated heterocycles. The van der Waals surface area contributed by atoms with Crippen molar-refractivity contribution in [2.75, 3.05) is 38.8 Å². The summed E-state index contributed by atoms with van der Waals surface area (Å²) in [5.41, 5.74) is 0.158. The fourth-order valence-electron chi connectivity index (χ4n) is 4.30. The van der Waals surface area contributed by atoms with E-state index in [1.54, 1.807) is 16.4 Å². The Labute approximate surface area is 137 Å². The van der Waals surface area contributed by atoms with Crippen molar-refractivity contribution >= 4 is 15.8 Å². The predicted octanol–water partition coefficient (Wildman–Crippen LogP) is 1.34. The first-order chi connectivity index (χ1) is 10.9. The number of aromatic nitrogens is 1. The maximum atomic E-state index is 13.1. The van der Waals surface area contributed by atoms with Gasteiger partial charge in [0.2, 0.25) is 10.0 Å². The van der Waals surface area contributed by atoms with Crippen molar-refractivity contribution in [1.29, 1.82) is 0 Å². The van der Waals surface area contributed by atoms with Crippen LogP contribution in [0.3, 0.4) is 0 Å². The minimum Gasteiger partial charge on any atom is -0.379 e. The molecule has 1 spiro atoms. The second kappa shape index (κ2) is 5.16. The number of fused-ring (bicyclic) bond motifs is 2. The summed E-state index contributed by atoms with van der Waals surface area (Å²) in [6.45, 7) is 1.87. The number of ether oxygens (including phenoxy) is 1. The Bertz CT molecular complexity index is 698. The van der Waals surface area contributed by atoms with Crippen LogP contribution in [0.1, 0.15) is 19.3 Å². The third-order valence-corrected chi connectivity index (χ3v) is 7.67. The fraction of sp³-hybridized carbons (Fsp3) is 0.688. The molecule has 23 heavy (non-hydrogen) atoms. The van der Waals surface area contributed by atoms with Crippen LogP contribution in [-0.4, -0.2) is 57.6 Å². The van der Waals surface area contributed by atoms with E-state index in [1.165, 1.54) is 12.6 Å². The van der Waals surface area contributed by atoms with Crippen LogP contribution in [0.25, 0.3) is 0 Å². The van der Waals surface area contributed by atoms with Crippen LogP contribution in [0.15, 0.2) is 23.2 Å². The predicted molar refractivity (Wildman–Crippen MR) is 86.8 cm³/mol. The van der Waals surface area contributed by atoms with Crippen molar-refractivity contribution in [3.8, 4) is 0 Å². The van der Waals surface area contributed by atoms with E-state index >= 15 is 0 Å². The topological polar surface area (TPSA) is 62.7 Å². The molecule has 6 nitrogen and oxygen atoms in total. The molecule has 3 aliphatic rings. The molecule has 1 aromatic heterocycles. The van der Waals surface area contributed by atoms with Gasteiger partial charge < -0.3 is 9.64 Å². The van der Waals surface area contributed by atoms with E-state index in [9.17, 15) is 8.42 Å². The second-order valence-corrected chi connectivity index (χ2v) is 9.11. The molecule has 0 bridgehead atoms.